The Morgan fingerprint density at radius 1 is 1.07 bits per heavy atom. The van der Waals surface area contributed by atoms with Gasteiger partial charge in [0.15, 0.2) is 6.61 Å². The molecule has 1 amide bonds. The Balaban J connectivity index is 1.60. The van der Waals surface area contributed by atoms with E-state index in [0.717, 1.165) is 11.1 Å². The molecule has 27 heavy (non-hydrogen) atoms. The van der Waals surface area contributed by atoms with Crippen molar-refractivity contribution in [1.29, 1.82) is 0 Å². The van der Waals surface area contributed by atoms with Crippen molar-refractivity contribution < 1.29 is 23.8 Å². The highest BCUT2D eigenvalue weighted by molar-refractivity contribution is 7.10. The molecule has 1 aromatic heterocycles. The quantitative estimate of drug-likeness (QED) is 0.651. The molecule has 2 aromatic carbocycles. The molecule has 0 spiro atoms. The van der Waals surface area contributed by atoms with E-state index in [4.69, 9.17) is 9.84 Å². The number of aryl methyl sites for hydroxylation is 1. The van der Waals surface area contributed by atoms with E-state index in [1.165, 1.54) is 28.8 Å². The Hall–Kier alpha value is -3.19. The monoisotopic (exact) mass is 385 g/mol. The molecule has 0 radical (unpaired) electrons. The normalized spacial score (nSPS) is 10.4. The summed E-state index contributed by atoms with van der Waals surface area (Å²) in [5, 5.41) is 13.2. The Morgan fingerprint density at radius 2 is 1.67 bits per heavy atom. The molecule has 0 aliphatic rings. The zero-order valence-electron chi connectivity index (χ0n) is 14.4. The van der Waals surface area contributed by atoms with Gasteiger partial charge in [0.1, 0.15) is 11.6 Å². The van der Waals surface area contributed by atoms with Gasteiger partial charge < -0.3 is 15.2 Å². The molecule has 0 atom stereocenters. The third-order valence-electron chi connectivity index (χ3n) is 3.87. The van der Waals surface area contributed by atoms with Crippen LogP contribution in [0.4, 0.5) is 10.1 Å². The molecule has 0 bridgehead atoms. The number of nitrogens with one attached hydrogen (secondary N) is 1. The summed E-state index contributed by atoms with van der Waals surface area (Å²) in [5.74, 6) is -1.33. The molecule has 0 fully saturated rings. The van der Waals surface area contributed by atoms with Gasteiger partial charge in [-0.1, -0.05) is 24.3 Å². The minimum Gasteiger partial charge on any atom is -0.484 e. The third kappa shape index (κ3) is 4.51. The van der Waals surface area contributed by atoms with Gasteiger partial charge in [0.2, 0.25) is 0 Å². The van der Waals surface area contributed by atoms with Gasteiger partial charge >= 0.3 is 5.97 Å². The van der Waals surface area contributed by atoms with Gasteiger partial charge in [0.05, 0.1) is 11.3 Å². The maximum Gasteiger partial charge on any atom is 0.338 e. The van der Waals surface area contributed by atoms with Crippen LogP contribution >= 0.6 is 11.3 Å². The highest BCUT2D eigenvalue weighted by Crippen LogP contribution is 2.27. The molecule has 7 heteroatoms. The van der Waals surface area contributed by atoms with Crippen molar-refractivity contribution in [2.45, 2.75) is 6.92 Å². The van der Waals surface area contributed by atoms with Crippen molar-refractivity contribution in [2.24, 2.45) is 0 Å². The van der Waals surface area contributed by atoms with Crippen LogP contribution in [-0.4, -0.2) is 23.6 Å². The summed E-state index contributed by atoms with van der Waals surface area (Å²) >= 11 is 1.26. The first-order chi connectivity index (χ1) is 12.9. The first-order valence-electron chi connectivity index (χ1n) is 8.04. The molecule has 1 heterocycles. The van der Waals surface area contributed by atoms with Crippen molar-refractivity contribution in [3.63, 3.8) is 0 Å². The molecule has 5 nitrogen and oxygen atoms in total. The second-order valence-corrected chi connectivity index (χ2v) is 6.84. The average molecular weight is 385 g/mol. The lowest BCUT2D eigenvalue weighted by molar-refractivity contribution is -0.118. The average Bonchev–Trinajstić information content (AvgIpc) is 3.02. The van der Waals surface area contributed by atoms with Crippen LogP contribution < -0.4 is 10.1 Å². The Kier molecular flexibility index (Phi) is 5.52. The summed E-state index contributed by atoms with van der Waals surface area (Å²) in [5.41, 5.74) is 2.13. The molecular formula is C20H16FNO4S. The Bertz CT molecular complexity index is 965. The molecule has 0 unspecified atom stereocenters. The van der Waals surface area contributed by atoms with Crippen molar-refractivity contribution in [3.8, 4) is 16.9 Å². The minimum atomic E-state index is -1.09. The van der Waals surface area contributed by atoms with Crippen LogP contribution in [-0.2, 0) is 4.79 Å². The number of carbonyl (C=O) groups is 2. The Morgan fingerprint density at radius 3 is 2.26 bits per heavy atom. The number of hydrogen-bond donors (Lipinski definition) is 2. The van der Waals surface area contributed by atoms with Crippen LogP contribution in [0.5, 0.6) is 5.75 Å². The molecule has 0 saturated heterocycles. The number of rotatable bonds is 6. The fourth-order valence-electron chi connectivity index (χ4n) is 2.48. The number of ether oxygens (including phenoxy) is 1. The van der Waals surface area contributed by atoms with Gasteiger partial charge in [-0.25, -0.2) is 9.18 Å². The number of carboxylic acids is 1. The van der Waals surface area contributed by atoms with Gasteiger partial charge in [-0.15, -0.1) is 11.3 Å². The zero-order valence-corrected chi connectivity index (χ0v) is 15.2. The first kappa shape index (κ1) is 18.6. The molecular weight excluding hydrogens is 369 g/mol. The number of thiophene rings is 1. The van der Waals surface area contributed by atoms with Crippen LogP contribution in [0, 0.1) is 12.7 Å². The largest absolute Gasteiger partial charge is 0.484 e. The maximum absolute atomic E-state index is 13.0. The molecule has 0 aliphatic heterocycles. The minimum absolute atomic E-state index is 0.0644. The Labute approximate surface area is 159 Å². The number of anilines is 1. The summed E-state index contributed by atoms with van der Waals surface area (Å²) in [6.45, 7) is 1.49. The molecule has 2 N–H and O–H groups in total. The molecule has 0 saturated carbocycles. The highest BCUT2D eigenvalue weighted by Gasteiger charge is 2.17. The standard InChI is InChI=1S/C20H16FNO4S/c1-12-19(17(11-27-12)20(24)25)22-18(23)10-26-16-8-4-14(5-9-16)13-2-6-15(21)7-3-13/h2-9,11H,10H2,1H3,(H,22,23)(H,24,25). The van der Waals surface area contributed by atoms with E-state index < -0.39 is 11.9 Å². The first-order valence-corrected chi connectivity index (χ1v) is 8.92. The molecule has 0 aliphatic carbocycles. The highest BCUT2D eigenvalue weighted by atomic mass is 32.1. The maximum atomic E-state index is 13.0. The summed E-state index contributed by atoms with van der Waals surface area (Å²) < 4.78 is 18.4. The fraction of sp³-hybridized carbons (Fsp3) is 0.100. The number of carbonyl (C=O) groups excluding carboxylic acids is 1. The number of hydrogen-bond acceptors (Lipinski definition) is 4. The van der Waals surface area contributed by atoms with Gasteiger partial charge in [0.25, 0.3) is 5.91 Å². The third-order valence-corrected chi connectivity index (χ3v) is 4.78. The summed E-state index contributed by atoms with van der Waals surface area (Å²) in [7, 11) is 0. The molecule has 3 aromatic rings. The predicted molar refractivity (Wildman–Crippen MR) is 102 cm³/mol. The number of amides is 1. The number of carboxylic acid groups (broad SMARTS) is 1. The fourth-order valence-corrected chi connectivity index (χ4v) is 3.27. The number of halogens is 1. The van der Waals surface area contributed by atoms with E-state index in [2.05, 4.69) is 5.32 Å². The van der Waals surface area contributed by atoms with Crippen LogP contribution in [0.25, 0.3) is 11.1 Å². The van der Waals surface area contributed by atoms with E-state index >= 15 is 0 Å². The second-order valence-electron chi connectivity index (χ2n) is 5.75. The van der Waals surface area contributed by atoms with Crippen molar-refractivity contribution in [3.05, 3.63) is 70.2 Å². The lowest BCUT2D eigenvalue weighted by Crippen LogP contribution is -2.21. The van der Waals surface area contributed by atoms with E-state index in [0.29, 0.717) is 16.3 Å². The molecule has 3 rings (SSSR count). The van der Waals surface area contributed by atoms with E-state index in [1.807, 2.05) is 12.1 Å². The van der Waals surface area contributed by atoms with Gasteiger partial charge in [-0.2, -0.15) is 0 Å². The van der Waals surface area contributed by atoms with Crippen molar-refractivity contribution >= 4 is 28.9 Å². The lowest BCUT2D eigenvalue weighted by atomic mass is 10.1. The van der Waals surface area contributed by atoms with E-state index in [-0.39, 0.29) is 18.0 Å². The van der Waals surface area contributed by atoms with E-state index in [9.17, 15) is 14.0 Å². The lowest BCUT2D eigenvalue weighted by Gasteiger charge is -2.09. The van der Waals surface area contributed by atoms with Gasteiger partial charge in [-0.3, -0.25) is 4.79 Å². The molecule has 138 valence electrons. The predicted octanol–water partition coefficient (Wildman–Crippen LogP) is 4.58. The number of benzene rings is 2. The summed E-state index contributed by atoms with van der Waals surface area (Å²) in [6, 6.07) is 13.2. The van der Waals surface area contributed by atoms with E-state index in [1.54, 1.807) is 31.2 Å². The van der Waals surface area contributed by atoms with Crippen LogP contribution in [0.2, 0.25) is 0 Å². The van der Waals surface area contributed by atoms with Crippen LogP contribution in [0.15, 0.2) is 53.9 Å². The summed E-state index contributed by atoms with van der Waals surface area (Å²) in [6.07, 6.45) is 0. The van der Waals surface area contributed by atoms with Crippen LogP contribution in [0.1, 0.15) is 15.2 Å². The second kappa shape index (κ2) is 8.01. The SMILES string of the molecule is Cc1scc(C(=O)O)c1NC(=O)COc1ccc(-c2ccc(F)cc2)cc1. The summed E-state index contributed by atoms with van der Waals surface area (Å²) in [4.78, 5) is 24.0. The van der Waals surface area contributed by atoms with Crippen molar-refractivity contribution in [1.82, 2.24) is 0 Å². The topological polar surface area (TPSA) is 75.6 Å². The van der Waals surface area contributed by atoms with Crippen LogP contribution in [0.3, 0.4) is 0 Å². The van der Waals surface area contributed by atoms with Crippen molar-refractivity contribution in [2.75, 3.05) is 11.9 Å². The smallest absolute Gasteiger partial charge is 0.338 e. The van der Waals surface area contributed by atoms with Gasteiger partial charge in [-0.05, 0) is 42.3 Å². The van der Waals surface area contributed by atoms with Gasteiger partial charge in [0, 0.05) is 10.3 Å². The zero-order chi connectivity index (χ0) is 19.4. The number of aromatic carboxylic acids is 1.